The molecule has 0 unspecified atom stereocenters. The first-order valence-electron chi connectivity index (χ1n) is 35.0. The molecule has 0 bridgehead atoms. The average Bonchev–Trinajstić information content (AvgIpc) is 1.51. The van der Waals surface area contributed by atoms with Crippen molar-refractivity contribution in [3.8, 4) is 89.0 Å². The number of fused-ring (bicyclic) bond motifs is 23. The standard InChI is InChI=1S/C98H62N2O/c1-4-22-63(23-5-1)66-42-50-71(51-43-66)99(72-52-44-67(45-53-72)64-24-6-2-7-25-64)74-56-59-90-84(62-74)80-57-48-69(60-91(80)97(90)85-35-15-10-28-75(85)76-29-11-16-36-86(76)97)70-49-58-81-83-34-21-41-93(96(83)101-94(81)61-70)100(73-54-46-68(47-55-73)65-26-8-3-9-27-65)92-40-20-33-82-79-32-14-19-39-89(79)98(95(82)92)87-37-17-12-30-77(87)78-31-13-18-38-88(78)98/h1-62H. The molecule has 16 aromatic carbocycles. The molecule has 0 amide bonds. The molecule has 470 valence electrons. The molecule has 0 aliphatic heterocycles. The minimum Gasteiger partial charge on any atom is -0.454 e. The van der Waals surface area contributed by atoms with Crippen LogP contribution in [0.4, 0.5) is 34.1 Å². The van der Waals surface area contributed by atoms with Crippen LogP contribution in [0.25, 0.3) is 111 Å². The number of nitrogens with zero attached hydrogens (tertiary/aromatic N) is 2. The van der Waals surface area contributed by atoms with Crippen LogP contribution in [-0.4, -0.2) is 0 Å². The Kier molecular flexibility index (Phi) is 12.5. The van der Waals surface area contributed by atoms with Gasteiger partial charge in [-0.05, 0) is 207 Å². The van der Waals surface area contributed by atoms with Gasteiger partial charge in [0.1, 0.15) is 5.58 Å². The normalized spacial score (nSPS) is 13.3. The Morgan fingerprint density at radius 2 is 0.564 bits per heavy atom. The Balaban J connectivity index is 0.733. The minimum atomic E-state index is -0.596. The van der Waals surface area contributed by atoms with Crippen molar-refractivity contribution in [3.63, 3.8) is 0 Å². The van der Waals surface area contributed by atoms with Crippen LogP contribution < -0.4 is 9.80 Å². The fourth-order valence-corrected chi connectivity index (χ4v) is 18.1. The highest BCUT2D eigenvalue weighted by Gasteiger charge is 2.54. The summed E-state index contributed by atoms with van der Waals surface area (Å²) in [5, 5.41) is 2.12. The summed E-state index contributed by atoms with van der Waals surface area (Å²) in [5.74, 6) is 0. The fourth-order valence-electron chi connectivity index (χ4n) is 18.1. The molecule has 0 atom stereocenters. The van der Waals surface area contributed by atoms with Crippen molar-refractivity contribution in [1.29, 1.82) is 0 Å². The third-order valence-electron chi connectivity index (χ3n) is 22.3. The van der Waals surface area contributed by atoms with E-state index in [9.17, 15) is 0 Å². The molecule has 0 N–H and O–H groups in total. The second kappa shape index (κ2) is 22.2. The Hall–Kier alpha value is -13.1. The summed E-state index contributed by atoms with van der Waals surface area (Å²) in [7, 11) is 0. The van der Waals surface area contributed by atoms with Gasteiger partial charge in [0, 0.05) is 39.1 Å². The largest absolute Gasteiger partial charge is 0.454 e. The van der Waals surface area contributed by atoms with E-state index in [2.05, 4.69) is 386 Å². The Morgan fingerprint density at radius 3 is 1.08 bits per heavy atom. The van der Waals surface area contributed by atoms with Crippen LogP contribution in [0.3, 0.4) is 0 Å². The number of hydrogen-bond acceptors (Lipinski definition) is 3. The molecule has 0 saturated heterocycles. The van der Waals surface area contributed by atoms with Gasteiger partial charge in [-0.15, -0.1) is 0 Å². The van der Waals surface area contributed by atoms with Crippen LogP contribution in [0, 0.1) is 0 Å². The van der Waals surface area contributed by atoms with E-state index in [1.165, 1.54) is 117 Å². The summed E-state index contributed by atoms with van der Waals surface area (Å²) >= 11 is 0. The molecule has 3 nitrogen and oxygen atoms in total. The molecule has 4 aliphatic rings. The van der Waals surface area contributed by atoms with Crippen molar-refractivity contribution in [3.05, 3.63) is 421 Å². The second-order valence-corrected chi connectivity index (χ2v) is 27.3. The van der Waals surface area contributed by atoms with Crippen LogP contribution in [-0.2, 0) is 10.8 Å². The topological polar surface area (TPSA) is 19.6 Å². The lowest BCUT2D eigenvalue weighted by atomic mass is 9.70. The maximum atomic E-state index is 7.52. The van der Waals surface area contributed by atoms with E-state index < -0.39 is 10.8 Å². The zero-order chi connectivity index (χ0) is 66.3. The predicted molar refractivity (Wildman–Crippen MR) is 417 cm³/mol. The summed E-state index contributed by atoms with van der Waals surface area (Å²) in [6, 6.07) is 140. The van der Waals surface area contributed by atoms with Crippen LogP contribution >= 0.6 is 0 Å². The van der Waals surface area contributed by atoms with Gasteiger partial charge in [-0.2, -0.15) is 0 Å². The van der Waals surface area contributed by atoms with Crippen molar-refractivity contribution < 1.29 is 4.42 Å². The van der Waals surface area contributed by atoms with Gasteiger partial charge in [0.2, 0.25) is 0 Å². The Bertz CT molecular complexity index is 6000. The van der Waals surface area contributed by atoms with Gasteiger partial charge in [-0.3, -0.25) is 0 Å². The van der Waals surface area contributed by atoms with Gasteiger partial charge < -0.3 is 14.2 Å². The molecule has 0 saturated carbocycles. The van der Waals surface area contributed by atoms with Crippen molar-refractivity contribution in [2.24, 2.45) is 0 Å². The highest BCUT2D eigenvalue weighted by molar-refractivity contribution is 6.12. The number of rotatable bonds is 10. The van der Waals surface area contributed by atoms with E-state index in [1.807, 2.05) is 0 Å². The number of para-hydroxylation sites is 1. The molecule has 1 aromatic heterocycles. The molecular formula is C98H62N2O. The van der Waals surface area contributed by atoms with E-state index in [4.69, 9.17) is 4.42 Å². The molecule has 2 spiro atoms. The molecule has 0 fully saturated rings. The van der Waals surface area contributed by atoms with Crippen LogP contribution in [0.5, 0.6) is 0 Å². The maximum Gasteiger partial charge on any atom is 0.159 e. The lowest BCUT2D eigenvalue weighted by molar-refractivity contribution is 0.669. The monoisotopic (exact) mass is 1280 g/mol. The van der Waals surface area contributed by atoms with E-state index >= 15 is 0 Å². The third-order valence-corrected chi connectivity index (χ3v) is 22.3. The molecule has 21 rings (SSSR count). The van der Waals surface area contributed by atoms with Gasteiger partial charge in [0.15, 0.2) is 5.58 Å². The molecular weight excluding hydrogens is 1220 g/mol. The summed E-state index contributed by atoms with van der Waals surface area (Å²) in [5.41, 5.74) is 36.5. The van der Waals surface area contributed by atoms with Crippen molar-refractivity contribution in [2.75, 3.05) is 9.80 Å². The zero-order valence-electron chi connectivity index (χ0n) is 55.1. The smallest absolute Gasteiger partial charge is 0.159 e. The molecule has 1 heterocycles. The fraction of sp³-hybridized carbons (Fsp3) is 0.0204. The molecule has 3 heteroatoms. The zero-order valence-corrected chi connectivity index (χ0v) is 55.1. The summed E-state index contributed by atoms with van der Waals surface area (Å²) in [6.45, 7) is 0. The first-order valence-corrected chi connectivity index (χ1v) is 35.0. The summed E-state index contributed by atoms with van der Waals surface area (Å²) in [4.78, 5) is 4.91. The summed E-state index contributed by atoms with van der Waals surface area (Å²) in [6.07, 6.45) is 0. The van der Waals surface area contributed by atoms with Gasteiger partial charge >= 0.3 is 0 Å². The van der Waals surface area contributed by atoms with Crippen LogP contribution in [0.15, 0.2) is 381 Å². The number of hydrogen-bond donors (Lipinski definition) is 0. The van der Waals surface area contributed by atoms with Crippen molar-refractivity contribution >= 4 is 56.1 Å². The highest BCUT2D eigenvalue weighted by Crippen LogP contribution is 2.67. The summed E-state index contributed by atoms with van der Waals surface area (Å²) < 4.78 is 7.52. The first kappa shape index (κ1) is 57.0. The quantitative estimate of drug-likeness (QED) is 0.136. The average molecular weight is 1280 g/mol. The van der Waals surface area contributed by atoms with Gasteiger partial charge in [-0.25, -0.2) is 0 Å². The van der Waals surface area contributed by atoms with Crippen LogP contribution in [0.2, 0.25) is 0 Å². The molecule has 101 heavy (non-hydrogen) atoms. The SMILES string of the molecule is c1ccc(-c2ccc(N(c3ccc(-c4ccccc4)cc3)c3ccc4c(c3)-c3ccc(-c5ccc6c(c5)oc5c(N(c7ccc(-c8ccccc8)cc7)c7cccc8c7C7(c9ccccc9-c9ccccc97)c7ccccc7-8)cccc56)cc3C43c4ccccc4-c4ccccc43)cc2)cc1. The van der Waals surface area contributed by atoms with Gasteiger partial charge in [0.25, 0.3) is 0 Å². The van der Waals surface area contributed by atoms with Crippen molar-refractivity contribution in [2.45, 2.75) is 10.8 Å². The molecule has 0 radical (unpaired) electrons. The maximum absolute atomic E-state index is 7.52. The van der Waals surface area contributed by atoms with E-state index in [0.717, 1.165) is 72.8 Å². The van der Waals surface area contributed by atoms with E-state index in [-0.39, 0.29) is 0 Å². The number of furan rings is 1. The number of anilines is 6. The highest BCUT2D eigenvalue weighted by atomic mass is 16.3. The predicted octanol–water partition coefficient (Wildman–Crippen LogP) is 25.9. The van der Waals surface area contributed by atoms with Gasteiger partial charge in [-0.1, -0.05) is 297 Å². The number of benzene rings is 16. The molecule has 17 aromatic rings. The van der Waals surface area contributed by atoms with Gasteiger partial charge in [0.05, 0.1) is 22.2 Å². The lowest BCUT2D eigenvalue weighted by Gasteiger charge is -2.35. The third kappa shape index (κ3) is 8.29. The second-order valence-electron chi connectivity index (χ2n) is 27.3. The Labute approximate surface area is 587 Å². The van der Waals surface area contributed by atoms with Crippen LogP contribution in [0.1, 0.15) is 44.5 Å². The molecule has 4 aliphatic carbocycles. The van der Waals surface area contributed by atoms with Crippen molar-refractivity contribution in [1.82, 2.24) is 0 Å². The Morgan fingerprint density at radius 1 is 0.198 bits per heavy atom. The minimum absolute atomic E-state index is 0.590. The first-order chi connectivity index (χ1) is 50.1. The lowest BCUT2D eigenvalue weighted by Crippen LogP contribution is -2.28. The van der Waals surface area contributed by atoms with E-state index in [1.54, 1.807) is 0 Å². The van der Waals surface area contributed by atoms with E-state index in [0.29, 0.717) is 0 Å².